The molecule has 1 saturated carbocycles. The van der Waals surface area contributed by atoms with E-state index in [1.165, 1.54) is 12.3 Å². The first kappa shape index (κ1) is 14.1. The first-order chi connectivity index (χ1) is 8.97. The molecule has 0 aromatic carbocycles. The van der Waals surface area contributed by atoms with Gasteiger partial charge in [-0.1, -0.05) is 19.3 Å². The Morgan fingerprint density at radius 2 is 1.95 bits per heavy atom. The largest absolute Gasteiger partial charge is 0.419 e. The van der Waals surface area contributed by atoms with Crippen LogP contribution in [0.1, 0.15) is 37.7 Å². The standard InChI is InChI=1S/C13H17F3N2O/c14-13(15,16)10-5-4-8-17-11(10)18-12(9-19)6-2-1-3-7-12/h4-5,8,19H,1-3,6-7,9H2,(H,17,18). The molecule has 1 aromatic rings. The summed E-state index contributed by atoms with van der Waals surface area (Å²) < 4.78 is 38.7. The van der Waals surface area contributed by atoms with E-state index in [0.717, 1.165) is 25.3 Å². The van der Waals surface area contributed by atoms with E-state index in [4.69, 9.17) is 0 Å². The Labute approximate surface area is 109 Å². The topological polar surface area (TPSA) is 45.1 Å². The summed E-state index contributed by atoms with van der Waals surface area (Å²) in [4.78, 5) is 3.79. The van der Waals surface area contributed by atoms with Crippen molar-refractivity contribution in [3.63, 3.8) is 0 Å². The van der Waals surface area contributed by atoms with Crippen molar-refractivity contribution in [1.29, 1.82) is 0 Å². The van der Waals surface area contributed by atoms with Crippen LogP contribution in [0.15, 0.2) is 18.3 Å². The summed E-state index contributed by atoms with van der Waals surface area (Å²) in [5, 5.41) is 12.4. The minimum atomic E-state index is -4.44. The molecule has 0 aliphatic heterocycles. The zero-order valence-corrected chi connectivity index (χ0v) is 10.5. The van der Waals surface area contributed by atoms with Crippen molar-refractivity contribution in [1.82, 2.24) is 4.98 Å². The molecule has 0 atom stereocenters. The van der Waals surface area contributed by atoms with Gasteiger partial charge in [-0.25, -0.2) is 4.98 Å². The van der Waals surface area contributed by atoms with Crippen LogP contribution in [0.5, 0.6) is 0 Å². The SMILES string of the molecule is OCC1(Nc2ncccc2C(F)(F)F)CCCCC1. The Morgan fingerprint density at radius 1 is 1.26 bits per heavy atom. The fourth-order valence-electron chi connectivity index (χ4n) is 2.54. The average molecular weight is 274 g/mol. The molecule has 1 heterocycles. The van der Waals surface area contributed by atoms with Crippen LogP contribution < -0.4 is 5.32 Å². The van der Waals surface area contributed by atoms with E-state index in [9.17, 15) is 18.3 Å². The summed E-state index contributed by atoms with van der Waals surface area (Å²) in [6.45, 7) is -0.180. The molecule has 0 amide bonds. The molecule has 0 bridgehead atoms. The number of nitrogens with one attached hydrogen (secondary N) is 1. The van der Waals surface area contributed by atoms with Crippen molar-refractivity contribution < 1.29 is 18.3 Å². The zero-order valence-electron chi connectivity index (χ0n) is 10.5. The molecule has 1 aromatic heterocycles. The first-order valence-corrected chi connectivity index (χ1v) is 6.38. The predicted octanol–water partition coefficient (Wildman–Crippen LogP) is 3.21. The van der Waals surface area contributed by atoms with Gasteiger partial charge >= 0.3 is 6.18 Å². The van der Waals surface area contributed by atoms with E-state index in [1.807, 2.05) is 0 Å². The molecular formula is C13H17F3N2O. The van der Waals surface area contributed by atoms with Crippen LogP contribution in [-0.2, 0) is 6.18 Å². The number of aliphatic hydroxyl groups is 1. The lowest BCUT2D eigenvalue weighted by atomic mass is 9.82. The number of aliphatic hydroxyl groups excluding tert-OH is 1. The molecular weight excluding hydrogens is 257 g/mol. The molecule has 6 heteroatoms. The van der Waals surface area contributed by atoms with Gasteiger partial charge in [-0.2, -0.15) is 13.2 Å². The number of nitrogens with zero attached hydrogens (tertiary/aromatic N) is 1. The van der Waals surface area contributed by atoms with Crippen LogP contribution in [0.2, 0.25) is 0 Å². The smallest absolute Gasteiger partial charge is 0.394 e. The molecule has 0 spiro atoms. The highest BCUT2D eigenvalue weighted by atomic mass is 19.4. The maximum Gasteiger partial charge on any atom is 0.419 e. The zero-order chi connectivity index (χ0) is 13.9. The minimum absolute atomic E-state index is 0.180. The van der Waals surface area contributed by atoms with E-state index in [2.05, 4.69) is 10.3 Å². The van der Waals surface area contributed by atoms with Gasteiger partial charge in [0.2, 0.25) is 0 Å². The Balaban J connectivity index is 2.27. The van der Waals surface area contributed by atoms with Gasteiger partial charge in [-0.3, -0.25) is 0 Å². The van der Waals surface area contributed by atoms with Crippen molar-refractivity contribution >= 4 is 5.82 Å². The fourth-order valence-corrected chi connectivity index (χ4v) is 2.54. The third kappa shape index (κ3) is 3.18. The summed E-state index contributed by atoms with van der Waals surface area (Å²) in [7, 11) is 0. The van der Waals surface area contributed by atoms with Crippen LogP contribution in [0, 0.1) is 0 Å². The maximum atomic E-state index is 12.9. The second kappa shape index (κ2) is 5.36. The summed E-state index contributed by atoms with van der Waals surface area (Å²) in [6.07, 6.45) is 1.07. The second-order valence-corrected chi connectivity index (χ2v) is 5.02. The molecule has 1 aliphatic rings. The van der Waals surface area contributed by atoms with E-state index in [-0.39, 0.29) is 12.4 Å². The highest BCUT2D eigenvalue weighted by Crippen LogP contribution is 2.37. The quantitative estimate of drug-likeness (QED) is 0.889. The number of rotatable bonds is 3. The van der Waals surface area contributed by atoms with Crippen LogP contribution in [0.25, 0.3) is 0 Å². The summed E-state index contributed by atoms with van der Waals surface area (Å²) in [5.74, 6) is -0.189. The van der Waals surface area contributed by atoms with Gasteiger partial charge in [0.15, 0.2) is 0 Å². The minimum Gasteiger partial charge on any atom is -0.394 e. The number of anilines is 1. The summed E-state index contributed by atoms with van der Waals surface area (Å²) in [6, 6.07) is 2.27. The Hall–Kier alpha value is -1.30. The van der Waals surface area contributed by atoms with Crippen LogP contribution >= 0.6 is 0 Å². The summed E-state index contributed by atoms with van der Waals surface area (Å²) >= 11 is 0. The maximum absolute atomic E-state index is 12.9. The van der Waals surface area contributed by atoms with Gasteiger partial charge in [0.05, 0.1) is 17.7 Å². The van der Waals surface area contributed by atoms with E-state index < -0.39 is 17.3 Å². The van der Waals surface area contributed by atoms with E-state index >= 15 is 0 Å². The molecule has 1 aliphatic carbocycles. The Morgan fingerprint density at radius 3 is 2.53 bits per heavy atom. The number of hydrogen-bond acceptors (Lipinski definition) is 3. The molecule has 2 rings (SSSR count). The number of aromatic nitrogens is 1. The van der Waals surface area contributed by atoms with Crippen LogP contribution in [-0.4, -0.2) is 22.2 Å². The van der Waals surface area contributed by atoms with Crippen molar-refractivity contribution in [2.24, 2.45) is 0 Å². The molecule has 19 heavy (non-hydrogen) atoms. The predicted molar refractivity (Wildman–Crippen MR) is 65.8 cm³/mol. The molecule has 106 valence electrons. The molecule has 1 fully saturated rings. The second-order valence-electron chi connectivity index (χ2n) is 5.02. The highest BCUT2D eigenvalue weighted by Gasteiger charge is 2.38. The molecule has 3 nitrogen and oxygen atoms in total. The fraction of sp³-hybridized carbons (Fsp3) is 0.615. The highest BCUT2D eigenvalue weighted by molar-refractivity contribution is 5.47. The Kier molecular flexibility index (Phi) is 3.99. The lowest BCUT2D eigenvalue weighted by Crippen LogP contribution is -2.44. The van der Waals surface area contributed by atoms with Gasteiger partial charge in [0.1, 0.15) is 5.82 Å². The monoisotopic (exact) mass is 274 g/mol. The van der Waals surface area contributed by atoms with Crippen molar-refractivity contribution in [3.8, 4) is 0 Å². The van der Waals surface area contributed by atoms with E-state index in [1.54, 1.807) is 0 Å². The van der Waals surface area contributed by atoms with Gasteiger partial charge < -0.3 is 10.4 Å². The van der Waals surface area contributed by atoms with Gasteiger partial charge in [-0.15, -0.1) is 0 Å². The summed E-state index contributed by atoms with van der Waals surface area (Å²) in [5.41, 5.74) is -1.46. The van der Waals surface area contributed by atoms with Crippen LogP contribution in [0.4, 0.5) is 19.0 Å². The van der Waals surface area contributed by atoms with Gasteiger partial charge in [0, 0.05) is 6.20 Å². The number of pyridine rings is 1. The van der Waals surface area contributed by atoms with Gasteiger partial charge in [0.25, 0.3) is 0 Å². The molecule has 0 unspecified atom stereocenters. The van der Waals surface area contributed by atoms with Crippen molar-refractivity contribution in [3.05, 3.63) is 23.9 Å². The Bertz CT molecular complexity index is 428. The van der Waals surface area contributed by atoms with E-state index in [0.29, 0.717) is 12.8 Å². The third-order valence-corrected chi connectivity index (χ3v) is 3.61. The number of alkyl halides is 3. The number of hydrogen-bond donors (Lipinski definition) is 2. The lowest BCUT2D eigenvalue weighted by Gasteiger charge is -2.37. The first-order valence-electron chi connectivity index (χ1n) is 6.38. The number of halogens is 3. The average Bonchev–Trinajstić information content (AvgIpc) is 2.39. The van der Waals surface area contributed by atoms with Crippen LogP contribution in [0.3, 0.4) is 0 Å². The third-order valence-electron chi connectivity index (χ3n) is 3.61. The molecule has 0 radical (unpaired) electrons. The normalized spacial score (nSPS) is 19.2. The van der Waals surface area contributed by atoms with Crippen molar-refractivity contribution in [2.75, 3.05) is 11.9 Å². The molecule has 0 saturated heterocycles. The van der Waals surface area contributed by atoms with Gasteiger partial charge in [-0.05, 0) is 25.0 Å². The van der Waals surface area contributed by atoms with Crippen molar-refractivity contribution in [2.45, 2.75) is 43.8 Å². The lowest BCUT2D eigenvalue weighted by molar-refractivity contribution is -0.137. The molecule has 2 N–H and O–H groups in total.